The first kappa shape index (κ1) is 18.9. The average Bonchev–Trinajstić information content (AvgIpc) is 3.17. The molecule has 0 aliphatic rings. The molecule has 0 spiro atoms. The predicted molar refractivity (Wildman–Crippen MR) is 118 cm³/mol. The molecule has 0 saturated heterocycles. The Morgan fingerprint density at radius 1 is 0.931 bits per heavy atom. The molecule has 1 aromatic heterocycles. The molecule has 1 heterocycles. The van der Waals surface area contributed by atoms with Crippen LogP contribution in [0.25, 0.3) is 21.9 Å². The van der Waals surface area contributed by atoms with Gasteiger partial charge in [-0.05, 0) is 29.3 Å². The van der Waals surface area contributed by atoms with Crippen LogP contribution in [-0.4, -0.2) is 18.5 Å². The van der Waals surface area contributed by atoms with Gasteiger partial charge in [0.05, 0.1) is 6.61 Å². The lowest BCUT2D eigenvalue weighted by Gasteiger charge is -2.10. The van der Waals surface area contributed by atoms with E-state index in [2.05, 4.69) is 5.32 Å². The number of thiophene rings is 1. The summed E-state index contributed by atoms with van der Waals surface area (Å²) in [6, 6.07) is 22.9. The van der Waals surface area contributed by atoms with Gasteiger partial charge in [-0.25, -0.2) is 4.79 Å². The van der Waals surface area contributed by atoms with E-state index in [1.165, 1.54) is 11.3 Å². The van der Waals surface area contributed by atoms with Gasteiger partial charge in [-0.3, -0.25) is 4.79 Å². The van der Waals surface area contributed by atoms with Crippen molar-refractivity contribution in [3.63, 3.8) is 0 Å². The second-order valence-corrected chi connectivity index (χ2v) is 7.30. The van der Waals surface area contributed by atoms with Crippen LogP contribution in [0.4, 0.5) is 5.00 Å². The van der Waals surface area contributed by atoms with E-state index in [4.69, 9.17) is 4.74 Å². The summed E-state index contributed by atoms with van der Waals surface area (Å²) in [4.78, 5) is 25.7. The molecule has 0 unspecified atom stereocenters. The van der Waals surface area contributed by atoms with Crippen molar-refractivity contribution in [2.45, 2.75) is 6.92 Å². The lowest BCUT2D eigenvalue weighted by molar-refractivity contribution is 0.0529. The minimum atomic E-state index is -0.444. The van der Waals surface area contributed by atoms with Crippen LogP contribution >= 0.6 is 11.3 Å². The predicted octanol–water partition coefficient (Wildman–Crippen LogP) is 6.00. The lowest BCUT2D eigenvalue weighted by atomic mass is 10.0. The molecule has 144 valence electrons. The summed E-state index contributed by atoms with van der Waals surface area (Å²) < 4.78 is 5.26. The van der Waals surface area contributed by atoms with Crippen molar-refractivity contribution in [2.24, 2.45) is 0 Å². The number of hydrogen-bond donors (Lipinski definition) is 1. The highest BCUT2D eigenvalue weighted by molar-refractivity contribution is 7.15. The molecule has 3 aromatic carbocycles. The fourth-order valence-electron chi connectivity index (χ4n) is 3.28. The summed E-state index contributed by atoms with van der Waals surface area (Å²) in [5.74, 6) is -0.699. The molecule has 4 nitrogen and oxygen atoms in total. The van der Waals surface area contributed by atoms with E-state index in [1.807, 2.05) is 72.1 Å². The Kier molecular flexibility index (Phi) is 5.40. The van der Waals surface area contributed by atoms with Crippen LogP contribution in [0.3, 0.4) is 0 Å². The smallest absolute Gasteiger partial charge is 0.341 e. The number of carbonyl (C=O) groups excluding carboxylic acids is 2. The Hall–Kier alpha value is -3.44. The number of esters is 1. The topological polar surface area (TPSA) is 55.4 Å². The molecule has 0 fully saturated rings. The van der Waals surface area contributed by atoms with Gasteiger partial charge in [0.2, 0.25) is 0 Å². The normalized spacial score (nSPS) is 10.7. The molecule has 0 saturated carbocycles. The summed E-state index contributed by atoms with van der Waals surface area (Å²) >= 11 is 1.32. The Bertz CT molecular complexity index is 1180. The maximum Gasteiger partial charge on any atom is 0.341 e. The number of anilines is 1. The van der Waals surface area contributed by atoms with Crippen LogP contribution in [-0.2, 0) is 4.74 Å². The molecule has 0 atom stereocenters. The molecule has 29 heavy (non-hydrogen) atoms. The van der Waals surface area contributed by atoms with Gasteiger partial charge >= 0.3 is 5.97 Å². The van der Waals surface area contributed by atoms with Crippen molar-refractivity contribution in [1.82, 2.24) is 0 Å². The van der Waals surface area contributed by atoms with E-state index in [9.17, 15) is 9.59 Å². The highest BCUT2D eigenvalue weighted by Crippen LogP contribution is 2.36. The number of fused-ring (bicyclic) bond motifs is 1. The van der Waals surface area contributed by atoms with Gasteiger partial charge in [-0.15, -0.1) is 11.3 Å². The largest absolute Gasteiger partial charge is 0.462 e. The third-order valence-electron chi connectivity index (χ3n) is 4.62. The second kappa shape index (κ2) is 8.29. The molecular weight excluding hydrogens is 382 g/mol. The second-order valence-electron chi connectivity index (χ2n) is 6.42. The minimum absolute atomic E-state index is 0.256. The van der Waals surface area contributed by atoms with E-state index in [-0.39, 0.29) is 12.5 Å². The summed E-state index contributed by atoms with van der Waals surface area (Å²) in [5, 5.41) is 7.14. The summed E-state index contributed by atoms with van der Waals surface area (Å²) in [6.45, 7) is 2.03. The average molecular weight is 401 g/mol. The number of ether oxygens (including phenoxy) is 1. The number of amides is 1. The highest BCUT2D eigenvalue weighted by Gasteiger charge is 2.23. The Labute approximate surface area is 172 Å². The number of rotatable bonds is 5. The fourth-order valence-corrected chi connectivity index (χ4v) is 4.23. The summed E-state index contributed by atoms with van der Waals surface area (Å²) in [5.41, 5.74) is 2.60. The number of hydrogen-bond acceptors (Lipinski definition) is 4. The molecule has 5 heteroatoms. The standard InChI is InChI=1S/C24H19NO3S/c1-2-28-24(27)21-20(17-9-4-3-5-10-17)15-29-23(21)25-22(26)19-14-8-12-16-11-6-7-13-18(16)19/h3-15H,2H2,1H3,(H,25,26). The Balaban J connectivity index is 1.74. The molecular formula is C24H19NO3S. The van der Waals surface area contributed by atoms with Crippen LogP contribution in [0.1, 0.15) is 27.6 Å². The van der Waals surface area contributed by atoms with Crippen molar-refractivity contribution in [2.75, 3.05) is 11.9 Å². The van der Waals surface area contributed by atoms with E-state index < -0.39 is 5.97 Å². The first-order valence-electron chi connectivity index (χ1n) is 9.32. The molecule has 1 amide bonds. The lowest BCUT2D eigenvalue weighted by Crippen LogP contribution is -2.15. The monoisotopic (exact) mass is 401 g/mol. The maximum atomic E-state index is 13.0. The van der Waals surface area contributed by atoms with Gasteiger partial charge in [-0.2, -0.15) is 0 Å². The van der Waals surface area contributed by atoms with Crippen LogP contribution < -0.4 is 5.32 Å². The highest BCUT2D eigenvalue weighted by atomic mass is 32.1. The molecule has 4 rings (SSSR count). The zero-order chi connectivity index (χ0) is 20.2. The molecule has 0 bridgehead atoms. The molecule has 0 aliphatic heterocycles. The summed E-state index contributed by atoms with van der Waals surface area (Å²) in [7, 11) is 0. The SMILES string of the molecule is CCOC(=O)c1c(-c2ccccc2)csc1NC(=O)c1cccc2ccccc12. The zero-order valence-electron chi connectivity index (χ0n) is 15.8. The van der Waals surface area contributed by atoms with Gasteiger partial charge in [0.1, 0.15) is 10.6 Å². The third-order valence-corrected chi connectivity index (χ3v) is 5.51. The number of nitrogens with one attached hydrogen (secondary N) is 1. The third kappa shape index (κ3) is 3.77. The Morgan fingerprint density at radius 2 is 1.66 bits per heavy atom. The van der Waals surface area contributed by atoms with Crippen molar-refractivity contribution in [3.05, 3.63) is 89.3 Å². The summed E-state index contributed by atoms with van der Waals surface area (Å²) in [6.07, 6.45) is 0. The van der Waals surface area contributed by atoms with Crippen LogP contribution in [0.15, 0.2) is 78.2 Å². The van der Waals surface area contributed by atoms with Crippen molar-refractivity contribution < 1.29 is 14.3 Å². The van der Waals surface area contributed by atoms with Crippen LogP contribution in [0, 0.1) is 0 Å². The zero-order valence-corrected chi connectivity index (χ0v) is 16.7. The van der Waals surface area contributed by atoms with E-state index in [0.717, 1.165) is 21.9 Å². The molecule has 0 aliphatic carbocycles. The van der Waals surface area contributed by atoms with E-state index in [1.54, 1.807) is 13.0 Å². The van der Waals surface area contributed by atoms with Crippen molar-refractivity contribution in [1.29, 1.82) is 0 Å². The number of benzene rings is 3. The van der Waals surface area contributed by atoms with Gasteiger partial charge in [0.25, 0.3) is 5.91 Å². The maximum absolute atomic E-state index is 13.0. The quantitative estimate of drug-likeness (QED) is 0.418. The van der Waals surface area contributed by atoms with Crippen LogP contribution in [0.5, 0.6) is 0 Å². The van der Waals surface area contributed by atoms with E-state index in [0.29, 0.717) is 16.1 Å². The molecule has 1 N–H and O–H groups in total. The fraction of sp³-hybridized carbons (Fsp3) is 0.0833. The van der Waals surface area contributed by atoms with Gasteiger partial charge in [0.15, 0.2) is 0 Å². The van der Waals surface area contributed by atoms with Crippen molar-refractivity contribution >= 4 is 39.0 Å². The minimum Gasteiger partial charge on any atom is -0.462 e. The van der Waals surface area contributed by atoms with E-state index >= 15 is 0 Å². The first-order chi connectivity index (χ1) is 14.2. The first-order valence-corrected chi connectivity index (χ1v) is 10.2. The van der Waals surface area contributed by atoms with Crippen LogP contribution in [0.2, 0.25) is 0 Å². The Morgan fingerprint density at radius 3 is 2.45 bits per heavy atom. The molecule has 4 aromatic rings. The van der Waals surface area contributed by atoms with Crippen molar-refractivity contribution in [3.8, 4) is 11.1 Å². The van der Waals surface area contributed by atoms with Gasteiger partial charge in [0, 0.05) is 16.5 Å². The molecule has 0 radical (unpaired) electrons. The van der Waals surface area contributed by atoms with Gasteiger partial charge < -0.3 is 10.1 Å². The van der Waals surface area contributed by atoms with Gasteiger partial charge in [-0.1, -0.05) is 66.7 Å². The number of carbonyl (C=O) groups is 2.